The quantitative estimate of drug-likeness (QED) is 0.821. The molecular formula is C14H23N3OS3. The number of thioether (sulfide) groups is 2. The lowest BCUT2D eigenvalue weighted by Gasteiger charge is -2.38. The van der Waals surface area contributed by atoms with E-state index in [1.54, 1.807) is 11.8 Å². The molecule has 1 aromatic heterocycles. The fourth-order valence-electron chi connectivity index (χ4n) is 2.42. The van der Waals surface area contributed by atoms with Gasteiger partial charge >= 0.3 is 0 Å². The number of amides is 1. The van der Waals surface area contributed by atoms with Gasteiger partial charge in [-0.3, -0.25) is 4.79 Å². The highest BCUT2D eigenvalue weighted by Crippen LogP contribution is 2.45. The number of carbonyl (C=O) groups is 1. The molecule has 118 valence electrons. The zero-order valence-corrected chi connectivity index (χ0v) is 15.4. The second kappa shape index (κ2) is 6.71. The molecule has 0 radical (unpaired) electrons. The summed E-state index contributed by atoms with van der Waals surface area (Å²) in [4.78, 5) is 16.2. The van der Waals surface area contributed by atoms with Crippen LogP contribution in [-0.4, -0.2) is 42.3 Å². The van der Waals surface area contributed by atoms with E-state index in [1.807, 2.05) is 24.9 Å². The van der Waals surface area contributed by atoms with Crippen molar-refractivity contribution in [2.45, 2.75) is 30.4 Å². The molecule has 0 unspecified atom stereocenters. The van der Waals surface area contributed by atoms with Gasteiger partial charge < -0.3 is 16.0 Å². The monoisotopic (exact) mass is 345 g/mol. The number of thiophene rings is 1. The first-order valence-electron chi connectivity index (χ1n) is 7.03. The van der Waals surface area contributed by atoms with E-state index < -0.39 is 0 Å². The van der Waals surface area contributed by atoms with E-state index in [2.05, 4.69) is 24.1 Å². The van der Waals surface area contributed by atoms with Crippen LogP contribution in [0.1, 0.15) is 30.4 Å². The van der Waals surface area contributed by atoms with E-state index in [4.69, 9.17) is 5.73 Å². The summed E-state index contributed by atoms with van der Waals surface area (Å²) in [5.41, 5.74) is 6.85. The Labute approximate surface area is 139 Å². The molecule has 0 saturated carbocycles. The molecule has 0 spiro atoms. The van der Waals surface area contributed by atoms with Crippen LogP contribution in [0, 0.1) is 0 Å². The fraction of sp³-hybridized carbons (Fsp3) is 0.643. The molecular weight excluding hydrogens is 322 g/mol. The summed E-state index contributed by atoms with van der Waals surface area (Å²) in [5, 5.41) is 3.99. The largest absolute Gasteiger partial charge is 0.396 e. The summed E-state index contributed by atoms with van der Waals surface area (Å²) in [7, 11) is 0. The maximum Gasteiger partial charge on any atom is 0.263 e. The van der Waals surface area contributed by atoms with Crippen LogP contribution < -0.4 is 16.0 Å². The van der Waals surface area contributed by atoms with Crippen LogP contribution in [0.25, 0.3) is 0 Å². The average molecular weight is 346 g/mol. The van der Waals surface area contributed by atoms with Gasteiger partial charge in [0.05, 0.1) is 10.6 Å². The minimum absolute atomic E-state index is 0.0628. The Morgan fingerprint density at radius 1 is 1.52 bits per heavy atom. The normalized spacial score (nSPS) is 17.8. The van der Waals surface area contributed by atoms with E-state index in [0.29, 0.717) is 17.1 Å². The molecule has 1 fully saturated rings. The second-order valence-electron chi connectivity index (χ2n) is 5.57. The Hall–Kier alpha value is -0.530. The molecule has 3 N–H and O–H groups in total. The Morgan fingerprint density at radius 2 is 2.24 bits per heavy atom. The average Bonchev–Trinajstić information content (AvgIpc) is 2.75. The summed E-state index contributed by atoms with van der Waals surface area (Å²) in [6, 6.07) is 0. The Morgan fingerprint density at radius 3 is 2.81 bits per heavy atom. The van der Waals surface area contributed by atoms with Gasteiger partial charge in [-0.15, -0.1) is 23.1 Å². The summed E-state index contributed by atoms with van der Waals surface area (Å²) in [6.45, 7) is 9.07. The molecule has 0 bridgehead atoms. The summed E-state index contributed by atoms with van der Waals surface area (Å²) in [6.07, 6.45) is 2.02. The SMILES string of the molecule is CCNC(=O)c1sc(N2CCSC(C)(C)C2)c(SC)c1N. The van der Waals surface area contributed by atoms with E-state index in [9.17, 15) is 4.79 Å². The van der Waals surface area contributed by atoms with Crippen molar-refractivity contribution in [1.82, 2.24) is 5.32 Å². The van der Waals surface area contributed by atoms with Crippen molar-refractivity contribution < 1.29 is 4.79 Å². The molecule has 0 aromatic carbocycles. The van der Waals surface area contributed by atoms with E-state index in [1.165, 1.54) is 11.3 Å². The number of nitrogens with one attached hydrogen (secondary N) is 1. The predicted molar refractivity (Wildman–Crippen MR) is 97.3 cm³/mol. The predicted octanol–water partition coefficient (Wildman–Crippen LogP) is 3.13. The molecule has 21 heavy (non-hydrogen) atoms. The number of hydrogen-bond donors (Lipinski definition) is 2. The zero-order chi connectivity index (χ0) is 15.6. The maximum atomic E-state index is 12.1. The molecule has 2 heterocycles. The van der Waals surface area contributed by atoms with Crippen LogP contribution in [0.15, 0.2) is 4.90 Å². The van der Waals surface area contributed by atoms with Gasteiger partial charge in [0.2, 0.25) is 0 Å². The van der Waals surface area contributed by atoms with Crippen LogP contribution in [0.3, 0.4) is 0 Å². The Bertz CT molecular complexity index is 528. The summed E-state index contributed by atoms with van der Waals surface area (Å²) in [5.74, 6) is 1.04. The summed E-state index contributed by atoms with van der Waals surface area (Å²) >= 11 is 5.16. The number of hydrogen-bond acceptors (Lipinski definition) is 6. The molecule has 1 aromatic rings. The third kappa shape index (κ3) is 3.63. The Balaban J connectivity index is 2.35. The van der Waals surface area contributed by atoms with Gasteiger partial charge in [-0.1, -0.05) is 0 Å². The van der Waals surface area contributed by atoms with Gasteiger partial charge in [-0.05, 0) is 27.0 Å². The number of nitrogens with zero attached hydrogens (tertiary/aromatic N) is 1. The van der Waals surface area contributed by atoms with Gasteiger partial charge in [0.15, 0.2) is 0 Å². The van der Waals surface area contributed by atoms with Gasteiger partial charge in [-0.25, -0.2) is 0 Å². The molecule has 1 aliphatic rings. The van der Waals surface area contributed by atoms with E-state index >= 15 is 0 Å². The van der Waals surface area contributed by atoms with Crippen LogP contribution in [0.4, 0.5) is 10.7 Å². The molecule has 7 heteroatoms. The first kappa shape index (κ1) is 16.8. The van der Waals surface area contributed by atoms with Crippen LogP contribution in [0.5, 0.6) is 0 Å². The van der Waals surface area contributed by atoms with E-state index in [-0.39, 0.29) is 10.7 Å². The van der Waals surface area contributed by atoms with Crippen molar-refractivity contribution in [2.75, 3.05) is 42.3 Å². The van der Waals surface area contributed by atoms with Gasteiger partial charge in [0, 0.05) is 30.1 Å². The van der Waals surface area contributed by atoms with Crippen LogP contribution >= 0.6 is 34.9 Å². The standard InChI is InChI=1S/C14H23N3OS3/c1-5-16-12(18)10-9(15)11(19-4)13(21-10)17-6-7-20-14(2,3)8-17/h5-8,15H2,1-4H3,(H,16,18). The number of rotatable bonds is 4. The maximum absolute atomic E-state index is 12.1. The first-order valence-corrected chi connectivity index (χ1v) is 10.1. The van der Waals surface area contributed by atoms with Crippen LogP contribution in [0.2, 0.25) is 0 Å². The number of carbonyl (C=O) groups excluding carboxylic acids is 1. The highest BCUT2D eigenvalue weighted by molar-refractivity contribution is 8.00. The number of nitrogen functional groups attached to an aromatic ring is 1. The van der Waals surface area contributed by atoms with Crippen molar-refractivity contribution >= 4 is 51.5 Å². The fourth-order valence-corrected chi connectivity index (χ4v) is 5.66. The molecule has 4 nitrogen and oxygen atoms in total. The Kier molecular flexibility index (Phi) is 5.38. The van der Waals surface area contributed by atoms with Gasteiger partial charge in [0.25, 0.3) is 5.91 Å². The van der Waals surface area contributed by atoms with Crippen molar-refractivity contribution in [2.24, 2.45) is 0 Å². The molecule has 1 saturated heterocycles. The topological polar surface area (TPSA) is 58.4 Å². The third-order valence-corrected chi connectivity index (χ3v) is 6.86. The minimum atomic E-state index is -0.0628. The van der Waals surface area contributed by atoms with Crippen molar-refractivity contribution in [3.8, 4) is 0 Å². The lowest BCUT2D eigenvalue weighted by molar-refractivity contribution is 0.0960. The zero-order valence-electron chi connectivity index (χ0n) is 13.0. The van der Waals surface area contributed by atoms with Gasteiger partial charge in [-0.2, -0.15) is 11.8 Å². The summed E-state index contributed by atoms with van der Waals surface area (Å²) < 4.78 is 0.235. The van der Waals surface area contributed by atoms with Gasteiger partial charge in [0.1, 0.15) is 9.88 Å². The molecule has 2 rings (SSSR count). The van der Waals surface area contributed by atoms with Crippen LogP contribution in [-0.2, 0) is 0 Å². The molecule has 0 aliphatic carbocycles. The van der Waals surface area contributed by atoms with Crippen molar-refractivity contribution in [3.63, 3.8) is 0 Å². The smallest absolute Gasteiger partial charge is 0.263 e. The highest BCUT2D eigenvalue weighted by Gasteiger charge is 2.31. The van der Waals surface area contributed by atoms with Crippen molar-refractivity contribution in [3.05, 3.63) is 4.88 Å². The van der Waals surface area contributed by atoms with Crippen molar-refractivity contribution in [1.29, 1.82) is 0 Å². The molecule has 0 atom stereocenters. The molecule has 1 amide bonds. The lowest BCUT2D eigenvalue weighted by Crippen LogP contribution is -2.43. The number of nitrogens with two attached hydrogens (primary N) is 1. The first-order chi connectivity index (χ1) is 9.89. The highest BCUT2D eigenvalue weighted by atomic mass is 32.2. The second-order valence-corrected chi connectivity index (χ2v) is 9.19. The minimum Gasteiger partial charge on any atom is -0.396 e. The lowest BCUT2D eigenvalue weighted by atomic mass is 10.2. The van der Waals surface area contributed by atoms with E-state index in [0.717, 1.165) is 28.7 Å². The third-order valence-electron chi connectivity index (χ3n) is 3.34. The number of anilines is 2. The molecule has 1 aliphatic heterocycles.